The van der Waals surface area contributed by atoms with E-state index in [0.717, 1.165) is 11.3 Å². The van der Waals surface area contributed by atoms with Crippen LogP contribution in [0.25, 0.3) is 0 Å². The highest BCUT2D eigenvalue weighted by Gasteiger charge is 2.16. The second kappa shape index (κ2) is 9.33. The first-order chi connectivity index (χ1) is 12.9. The summed E-state index contributed by atoms with van der Waals surface area (Å²) in [6, 6.07) is 12.7. The number of non-ortho nitro benzene ring substituents is 1. The second-order valence-corrected chi connectivity index (χ2v) is 5.75. The fraction of sp³-hybridized carbons (Fsp3) is 0.263. The Morgan fingerprint density at radius 2 is 1.89 bits per heavy atom. The van der Waals surface area contributed by atoms with E-state index in [4.69, 9.17) is 4.74 Å². The van der Waals surface area contributed by atoms with Crippen LogP contribution in [0, 0.1) is 10.1 Å². The van der Waals surface area contributed by atoms with Gasteiger partial charge in [0.2, 0.25) is 5.91 Å². The molecule has 0 heterocycles. The molecule has 0 radical (unpaired) electrons. The van der Waals surface area contributed by atoms with Gasteiger partial charge in [0.1, 0.15) is 5.75 Å². The molecule has 8 heteroatoms. The van der Waals surface area contributed by atoms with Gasteiger partial charge in [-0.1, -0.05) is 18.2 Å². The standard InChI is InChI=1S/C19H21N3O5/c1-3-21(13-14-7-9-17(27-2)10-8-14)18(23)12-20-19(24)15-5-4-6-16(11-15)22(25)26/h4-11H,3,12-13H2,1-2H3,(H,20,24). The lowest BCUT2D eigenvalue weighted by Crippen LogP contribution is -2.39. The number of nitro benzene ring substituents is 1. The Morgan fingerprint density at radius 1 is 1.19 bits per heavy atom. The van der Waals surface area contributed by atoms with Gasteiger partial charge in [0.25, 0.3) is 11.6 Å². The maximum absolute atomic E-state index is 12.4. The van der Waals surface area contributed by atoms with Crippen molar-refractivity contribution in [2.75, 3.05) is 20.2 Å². The van der Waals surface area contributed by atoms with E-state index in [2.05, 4.69) is 5.32 Å². The van der Waals surface area contributed by atoms with Gasteiger partial charge in [-0.3, -0.25) is 19.7 Å². The summed E-state index contributed by atoms with van der Waals surface area (Å²) in [4.78, 5) is 36.4. The van der Waals surface area contributed by atoms with Gasteiger partial charge >= 0.3 is 0 Å². The Balaban J connectivity index is 1.94. The number of nitrogens with zero attached hydrogens (tertiary/aromatic N) is 2. The molecule has 0 aliphatic carbocycles. The van der Waals surface area contributed by atoms with E-state index in [1.54, 1.807) is 12.0 Å². The summed E-state index contributed by atoms with van der Waals surface area (Å²) >= 11 is 0. The minimum absolute atomic E-state index is 0.134. The molecule has 2 aromatic rings. The first kappa shape index (κ1) is 19.9. The zero-order valence-corrected chi connectivity index (χ0v) is 15.2. The molecular weight excluding hydrogens is 350 g/mol. The summed E-state index contributed by atoms with van der Waals surface area (Å²) in [7, 11) is 1.58. The topological polar surface area (TPSA) is 102 Å². The molecule has 0 fully saturated rings. The van der Waals surface area contributed by atoms with Gasteiger partial charge in [-0.2, -0.15) is 0 Å². The van der Waals surface area contributed by atoms with Crippen LogP contribution in [-0.4, -0.2) is 41.8 Å². The summed E-state index contributed by atoms with van der Waals surface area (Å²) in [5.74, 6) is -0.0445. The summed E-state index contributed by atoms with van der Waals surface area (Å²) < 4.78 is 5.11. The van der Waals surface area contributed by atoms with Crippen molar-refractivity contribution >= 4 is 17.5 Å². The second-order valence-electron chi connectivity index (χ2n) is 5.75. The van der Waals surface area contributed by atoms with Crippen LogP contribution in [0.1, 0.15) is 22.8 Å². The number of nitrogens with one attached hydrogen (secondary N) is 1. The lowest BCUT2D eigenvalue weighted by Gasteiger charge is -2.21. The maximum atomic E-state index is 12.4. The number of carbonyl (C=O) groups excluding carboxylic acids is 2. The van der Waals surface area contributed by atoms with Crippen LogP contribution in [0.4, 0.5) is 5.69 Å². The molecule has 0 unspecified atom stereocenters. The molecule has 8 nitrogen and oxygen atoms in total. The summed E-state index contributed by atoms with van der Waals surface area (Å²) in [5.41, 5.74) is 0.898. The average Bonchev–Trinajstić information content (AvgIpc) is 2.70. The zero-order valence-electron chi connectivity index (χ0n) is 15.2. The number of likely N-dealkylation sites (N-methyl/N-ethyl adjacent to an activating group) is 1. The third-order valence-corrected chi connectivity index (χ3v) is 3.99. The third-order valence-electron chi connectivity index (χ3n) is 3.99. The SMILES string of the molecule is CCN(Cc1ccc(OC)cc1)C(=O)CNC(=O)c1cccc([N+](=O)[O-])c1. The molecule has 2 aromatic carbocycles. The summed E-state index contributed by atoms with van der Waals surface area (Å²) in [5, 5.41) is 13.3. The van der Waals surface area contributed by atoms with Crippen molar-refractivity contribution in [2.45, 2.75) is 13.5 Å². The predicted octanol–water partition coefficient (Wildman–Crippen LogP) is 2.38. The summed E-state index contributed by atoms with van der Waals surface area (Å²) in [6.07, 6.45) is 0. The van der Waals surface area contributed by atoms with Gasteiger partial charge in [0.05, 0.1) is 18.6 Å². The van der Waals surface area contributed by atoms with Crippen LogP contribution in [0.3, 0.4) is 0 Å². The van der Waals surface area contributed by atoms with Gasteiger partial charge in [-0.25, -0.2) is 0 Å². The van der Waals surface area contributed by atoms with Crippen molar-refractivity contribution < 1.29 is 19.2 Å². The van der Waals surface area contributed by atoms with E-state index in [1.807, 2.05) is 31.2 Å². The Kier molecular flexibility index (Phi) is 6.87. The molecule has 0 aliphatic heterocycles. The number of benzene rings is 2. The Bertz CT molecular complexity index is 820. The number of hydrogen-bond acceptors (Lipinski definition) is 5. The van der Waals surface area contributed by atoms with Crippen molar-refractivity contribution in [2.24, 2.45) is 0 Å². The fourth-order valence-electron chi connectivity index (χ4n) is 2.46. The predicted molar refractivity (Wildman–Crippen MR) is 99.5 cm³/mol. The molecular formula is C19H21N3O5. The van der Waals surface area contributed by atoms with Gasteiger partial charge < -0.3 is 15.0 Å². The van der Waals surface area contributed by atoms with Gasteiger partial charge in [-0.15, -0.1) is 0 Å². The number of ether oxygens (including phenoxy) is 1. The molecule has 27 heavy (non-hydrogen) atoms. The summed E-state index contributed by atoms with van der Waals surface area (Å²) in [6.45, 7) is 2.55. The van der Waals surface area contributed by atoms with Crippen LogP contribution >= 0.6 is 0 Å². The van der Waals surface area contributed by atoms with Crippen LogP contribution in [0.15, 0.2) is 48.5 Å². The monoisotopic (exact) mass is 371 g/mol. The van der Waals surface area contributed by atoms with E-state index < -0.39 is 10.8 Å². The quantitative estimate of drug-likeness (QED) is 0.567. The lowest BCUT2D eigenvalue weighted by atomic mass is 10.2. The molecule has 0 spiro atoms. The smallest absolute Gasteiger partial charge is 0.270 e. The molecule has 0 aromatic heterocycles. The molecule has 0 saturated heterocycles. The van der Waals surface area contributed by atoms with Crippen molar-refractivity contribution in [3.63, 3.8) is 0 Å². The molecule has 0 saturated carbocycles. The Labute approximate surface area is 156 Å². The largest absolute Gasteiger partial charge is 0.497 e. The van der Waals surface area contributed by atoms with Crippen LogP contribution < -0.4 is 10.1 Å². The minimum Gasteiger partial charge on any atom is -0.497 e. The number of nitro groups is 1. The van der Waals surface area contributed by atoms with E-state index in [0.29, 0.717) is 13.1 Å². The molecule has 0 atom stereocenters. The van der Waals surface area contributed by atoms with Crippen molar-refractivity contribution in [3.05, 3.63) is 69.8 Å². The molecule has 142 valence electrons. The van der Waals surface area contributed by atoms with E-state index in [-0.39, 0.29) is 23.7 Å². The number of methoxy groups -OCH3 is 1. The normalized spacial score (nSPS) is 10.1. The minimum atomic E-state index is -0.574. The first-order valence-electron chi connectivity index (χ1n) is 8.38. The number of hydrogen-bond donors (Lipinski definition) is 1. The van der Waals surface area contributed by atoms with E-state index in [9.17, 15) is 19.7 Å². The first-order valence-corrected chi connectivity index (χ1v) is 8.38. The lowest BCUT2D eigenvalue weighted by molar-refractivity contribution is -0.384. The van der Waals surface area contributed by atoms with E-state index >= 15 is 0 Å². The zero-order chi connectivity index (χ0) is 19.8. The van der Waals surface area contributed by atoms with Crippen molar-refractivity contribution in [1.29, 1.82) is 0 Å². The molecule has 2 amide bonds. The molecule has 0 aliphatic rings. The Hall–Kier alpha value is -3.42. The Morgan fingerprint density at radius 3 is 2.48 bits per heavy atom. The van der Waals surface area contributed by atoms with Crippen molar-refractivity contribution in [3.8, 4) is 5.75 Å². The maximum Gasteiger partial charge on any atom is 0.270 e. The number of amides is 2. The molecule has 2 rings (SSSR count). The molecule has 0 bridgehead atoms. The highest BCUT2D eigenvalue weighted by molar-refractivity contribution is 5.96. The van der Waals surface area contributed by atoms with Gasteiger partial charge in [0.15, 0.2) is 0 Å². The third kappa shape index (κ3) is 5.53. The van der Waals surface area contributed by atoms with Gasteiger partial charge in [0, 0.05) is 30.8 Å². The highest BCUT2D eigenvalue weighted by Crippen LogP contribution is 2.14. The number of rotatable bonds is 8. The van der Waals surface area contributed by atoms with Crippen LogP contribution in [0.5, 0.6) is 5.75 Å². The van der Waals surface area contributed by atoms with E-state index in [1.165, 1.54) is 24.3 Å². The van der Waals surface area contributed by atoms with Crippen molar-refractivity contribution in [1.82, 2.24) is 10.2 Å². The van der Waals surface area contributed by atoms with Gasteiger partial charge in [-0.05, 0) is 30.7 Å². The van der Waals surface area contributed by atoms with Crippen LogP contribution in [-0.2, 0) is 11.3 Å². The molecule has 1 N–H and O–H groups in total. The average molecular weight is 371 g/mol. The fourth-order valence-corrected chi connectivity index (χ4v) is 2.46. The number of carbonyl (C=O) groups is 2. The van der Waals surface area contributed by atoms with Crippen LogP contribution in [0.2, 0.25) is 0 Å². The highest BCUT2D eigenvalue weighted by atomic mass is 16.6.